The van der Waals surface area contributed by atoms with Gasteiger partial charge in [-0.1, -0.05) is 105 Å². The summed E-state index contributed by atoms with van der Waals surface area (Å²) in [6.07, 6.45) is 2.14. The number of unbranched alkanes of at least 4 members (excludes halogenated alkanes) is 1. The number of hydrogen-bond acceptors (Lipinski definition) is 3. The normalized spacial score (nSPS) is 11.7. The number of carbonyl (C=O) groups is 2. The van der Waals surface area contributed by atoms with E-state index in [9.17, 15) is 9.59 Å². The van der Waals surface area contributed by atoms with Gasteiger partial charge in [-0.3, -0.25) is 9.59 Å². The van der Waals surface area contributed by atoms with Crippen LogP contribution in [0.2, 0.25) is 10.0 Å². The molecule has 0 spiro atoms. The van der Waals surface area contributed by atoms with E-state index in [1.165, 1.54) is 0 Å². The molecule has 0 aromatic heterocycles. The van der Waals surface area contributed by atoms with Crippen LogP contribution in [0.15, 0.2) is 72.8 Å². The van der Waals surface area contributed by atoms with E-state index in [1.54, 1.807) is 23.1 Å². The molecule has 0 aliphatic carbocycles. The summed E-state index contributed by atoms with van der Waals surface area (Å²) < 4.78 is 6.03. The number of ether oxygens (including phenoxy) is 1. The maximum atomic E-state index is 13.8. The summed E-state index contributed by atoms with van der Waals surface area (Å²) in [5.74, 6) is 0.334. The van der Waals surface area contributed by atoms with Crippen molar-refractivity contribution in [2.45, 2.75) is 58.5 Å². The van der Waals surface area contributed by atoms with Crippen LogP contribution in [-0.2, 0) is 22.6 Å². The molecule has 0 saturated carbocycles. The molecule has 0 saturated heterocycles. The lowest BCUT2D eigenvalue weighted by Crippen LogP contribution is -2.52. The van der Waals surface area contributed by atoms with Crippen LogP contribution < -0.4 is 10.1 Å². The van der Waals surface area contributed by atoms with Crippen LogP contribution in [-0.4, -0.2) is 35.9 Å². The molecule has 3 aromatic rings. The molecule has 3 aromatic carbocycles. The van der Waals surface area contributed by atoms with E-state index in [0.717, 1.165) is 24.0 Å². The number of hydrogen-bond donors (Lipinski definition) is 1. The van der Waals surface area contributed by atoms with Crippen LogP contribution in [0.4, 0.5) is 0 Å². The van der Waals surface area contributed by atoms with E-state index >= 15 is 0 Å². The monoisotopic (exact) mass is 554 g/mol. The average Bonchev–Trinajstić information content (AvgIpc) is 2.91. The van der Waals surface area contributed by atoms with Crippen molar-refractivity contribution in [3.05, 3.63) is 99.5 Å². The first-order valence-electron chi connectivity index (χ1n) is 13.1. The third kappa shape index (κ3) is 8.24. The number of nitrogens with one attached hydrogen (secondary N) is 1. The standard InChI is InChI=1S/C31H36Cl2N2O3/c1-4-5-18-34-31(37)28(19-23-12-7-6-8-13-23)35(20-25-26(32)15-11-16-27(25)33)30(36)21-38-29-17-10-9-14-24(29)22(2)3/h6-17,22,28H,4-5,18-21H2,1-3H3,(H,34,37). The molecule has 38 heavy (non-hydrogen) atoms. The topological polar surface area (TPSA) is 58.6 Å². The van der Waals surface area contributed by atoms with Crippen LogP contribution >= 0.6 is 23.2 Å². The Bertz CT molecular complexity index is 1180. The number of rotatable bonds is 13. The first kappa shape index (κ1) is 29.5. The van der Waals surface area contributed by atoms with E-state index in [0.29, 0.717) is 34.3 Å². The highest BCUT2D eigenvalue weighted by atomic mass is 35.5. The summed E-state index contributed by atoms with van der Waals surface area (Å²) in [5, 5.41) is 3.89. The van der Waals surface area contributed by atoms with Crippen molar-refractivity contribution in [2.24, 2.45) is 0 Å². The van der Waals surface area contributed by atoms with Gasteiger partial charge in [0.1, 0.15) is 11.8 Å². The highest BCUT2D eigenvalue weighted by Crippen LogP contribution is 2.28. The summed E-state index contributed by atoms with van der Waals surface area (Å²) in [6, 6.07) is 21.8. The molecular weight excluding hydrogens is 519 g/mol. The van der Waals surface area contributed by atoms with E-state index in [-0.39, 0.29) is 30.9 Å². The minimum absolute atomic E-state index is 0.0746. The molecule has 2 amide bonds. The van der Waals surface area contributed by atoms with Gasteiger partial charge in [0.05, 0.1) is 0 Å². The Balaban J connectivity index is 1.96. The lowest BCUT2D eigenvalue weighted by Gasteiger charge is -2.32. The van der Waals surface area contributed by atoms with Gasteiger partial charge in [-0.2, -0.15) is 0 Å². The Morgan fingerprint density at radius 1 is 0.921 bits per heavy atom. The fourth-order valence-electron chi connectivity index (χ4n) is 4.23. The summed E-state index contributed by atoms with van der Waals surface area (Å²) in [7, 11) is 0. The van der Waals surface area contributed by atoms with Crippen LogP contribution in [0, 0.1) is 0 Å². The van der Waals surface area contributed by atoms with Crippen molar-refractivity contribution < 1.29 is 14.3 Å². The molecule has 1 atom stereocenters. The van der Waals surface area contributed by atoms with Crippen LogP contribution in [0.1, 0.15) is 56.2 Å². The maximum absolute atomic E-state index is 13.8. The van der Waals surface area contributed by atoms with Gasteiger partial charge in [-0.25, -0.2) is 0 Å². The smallest absolute Gasteiger partial charge is 0.261 e. The number of nitrogens with zero attached hydrogens (tertiary/aromatic N) is 1. The number of amides is 2. The fraction of sp³-hybridized carbons (Fsp3) is 0.355. The Hall–Kier alpha value is -3.02. The Morgan fingerprint density at radius 3 is 2.24 bits per heavy atom. The predicted octanol–water partition coefficient (Wildman–Crippen LogP) is 7.05. The van der Waals surface area contributed by atoms with Gasteiger partial charge >= 0.3 is 0 Å². The third-order valence-corrected chi connectivity index (χ3v) is 7.09. The number of para-hydroxylation sites is 1. The molecule has 0 bridgehead atoms. The lowest BCUT2D eigenvalue weighted by molar-refractivity contribution is -0.142. The van der Waals surface area contributed by atoms with E-state index in [2.05, 4.69) is 26.1 Å². The van der Waals surface area contributed by atoms with E-state index in [4.69, 9.17) is 27.9 Å². The minimum Gasteiger partial charge on any atom is -0.483 e. The number of benzene rings is 3. The average molecular weight is 556 g/mol. The van der Waals surface area contributed by atoms with E-state index in [1.807, 2.05) is 54.6 Å². The zero-order valence-corrected chi connectivity index (χ0v) is 23.8. The minimum atomic E-state index is -0.780. The van der Waals surface area contributed by atoms with Crippen LogP contribution in [0.5, 0.6) is 5.75 Å². The highest BCUT2D eigenvalue weighted by molar-refractivity contribution is 6.36. The maximum Gasteiger partial charge on any atom is 0.261 e. The van der Waals surface area contributed by atoms with Crippen molar-refractivity contribution >= 4 is 35.0 Å². The Labute approximate surface area is 236 Å². The Kier molecular flexibility index (Phi) is 11.5. The zero-order chi connectivity index (χ0) is 27.5. The van der Waals surface area contributed by atoms with Gasteiger partial charge in [0, 0.05) is 35.1 Å². The van der Waals surface area contributed by atoms with Gasteiger partial charge in [0.25, 0.3) is 5.91 Å². The summed E-state index contributed by atoms with van der Waals surface area (Å²) >= 11 is 13.0. The second-order valence-corrected chi connectivity index (χ2v) is 10.4. The Morgan fingerprint density at radius 2 is 1.58 bits per heavy atom. The third-order valence-electron chi connectivity index (χ3n) is 6.38. The lowest BCUT2D eigenvalue weighted by atomic mass is 10.0. The van der Waals surface area contributed by atoms with Crippen LogP contribution in [0.25, 0.3) is 0 Å². The van der Waals surface area contributed by atoms with E-state index < -0.39 is 6.04 Å². The molecule has 7 heteroatoms. The molecular formula is C31H36Cl2N2O3. The van der Waals surface area contributed by atoms with Gasteiger partial charge < -0.3 is 15.0 Å². The molecule has 202 valence electrons. The van der Waals surface area contributed by atoms with Crippen molar-refractivity contribution in [2.75, 3.05) is 13.2 Å². The molecule has 1 N–H and O–H groups in total. The number of halogens is 2. The van der Waals surface area contributed by atoms with Gasteiger partial charge in [-0.05, 0) is 41.7 Å². The second-order valence-electron chi connectivity index (χ2n) is 9.55. The molecule has 0 heterocycles. The first-order chi connectivity index (χ1) is 18.3. The summed E-state index contributed by atoms with van der Waals surface area (Å²) in [4.78, 5) is 28.9. The zero-order valence-electron chi connectivity index (χ0n) is 22.3. The highest BCUT2D eigenvalue weighted by Gasteiger charge is 2.31. The summed E-state index contributed by atoms with van der Waals surface area (Å²) in [6.45, 7) is 6.60. The SMILES string of the molecule is CCCCNC(=O)C(Cc1ccccc1)N(Cc1c(Cl)cccc1Cl)C(=O)COc1ccccc1C(C)C. The molecule has 5 nitrogen and oxygen atoms in total. The van der Waals surface area contributed by atoms with Gasteiger partial charge in [0.15, 0.2) is 6.61 Å². The fourth-order valence-corrected chi connectivity index (χ4v) is 4.74. The molecule has 1 unspecified atom stereocenters. The van der Waals surface area contributed by atoms with Crippen molar-refractivity contribution in [3.8, 4) is 5.75 Å². The van der Waals surface area contributed by atoms with Crippen molar-refractivity contribution in [1.29, 1.82) is 0 Å². The second kappa shape index (κ2) is 14.8. The van der Waals surface area contributed by atoms with Crippen molar-refractivity contribution in [1.82, 2.24) is 10.2 Å². The largest absolute Gasteiger partial charge is 0.483 e. The molecule has 0 radical (unpaired) electrons. The summed E-state index contributed by atoms with van der Waals surface area (Å²) in [5.41, 5.74) is 2.54. The van der Waals surface area contributed by atoms with Crippen LogP contribution in [0.3, 0.4) is 0 Å². The first-order valence-corrected chi connectivity index (χ1v) is 13.8. The molecule has 0 aliphatic heterocycles. The van der Waals surface area contributed by atoms with Gasteiger partial charge in [-0.15, -0.1) is 0 Å². The number of carbonyl (C=O) groups excluding carboxylic acids is 2. The predicted molar refractivity (Wildman–Crippen MR) is 155 cm³/mol. The van der Waals surface area contributed by atoms with Gasteiger partial charge in [0.2, 0.25) is 5.91 Å². The quantitative estimate of drug-likeness (QED) is 0.230. The molecule has 0 fully saturated rings. The molecule has 0 aliphatic rings. The van der Waals surface area contributed by atoms with Crippen molar-refractivity contribution in [3.63, 3.8) is 0 Å². The molecule has 3 rings (SSSR count).